The van der Waals surface area contributed by atoms with Crippen molar-refractivity contribution in [2.75, 3.05) is 13.2 Å². The number of rotatable bonds is 4. The molecule has 3 saturated heterocycles. The first-order chi connectivity index (χ1) is 10.7. The molecule has 3 fully saturated rings. The van der Waals surface area contributed by atoms with Gasteiger partial charge in [-0.05, 0) is 34.1 Å². The Morgan fingerprint density at radius 3 is 2.30 bits per heavy atom. The van der Waals surface area contributed by atoms with Gasteiger partial charge < -0.3 is 34.1 Å². The van der Waals surface area contributed by atoms with E-state index < -0.39 is 42.3 Å². The summed E-state index contributed by atoms with van der Waals surface area (Å²) in [6.45, 7) is 7.56. The molecular formula is C15H25NO7. The van der Waals surface area contributed by atoms with Crippen molar-refractivity contribution in [3.8, 4) is 0 Å². The minimum Gasteiger partial charge on any atom is -0.396 e. The maximum absolute atomic E-state index is 12.4. The predicted octanol–water partition coefficient (Wildman–Crippen LogP) is -0.118. The summed E-state index contributed by atoms with van der Waals surface area (Å²) in [5.41, 5.74) is 0. The van der Waals surface area contributed by atoms with Crippen LogP contribution in [-0.4, -0.2) is 66.4 Å². The van der Waals surface area contributed by atoms with Crippen LogP contribution < -0.4 is 5.32 Å². The minimum absolute atomic E-state index is 0.0142. The standard InChI is InChI=1S/C15H25NO7/c1-14(2)20-8-9(21-14)11-13(23-15(3,4)22-11)19-10(8)12(18)16-6-5-7-17/h8-11,13,17H,5-7H2,1-4H3,(H,16,18)/t8-,9-,10-,11-,13+/m1/s1. The van der Waals surface area contributed by atoms with E-state index in [-0.39, 0.29) is 12.5 Å². The van der Waals surface area contributed by atoms with Crippen LogP contribution in [0.15, 0.2) is 0 Å². The molecular weight excluding hydrogens is 306 g/mol. The molecule has 8 nitrogen and oxygen atoms in total. The molecule has 0 spiro atoms. The fourth-order valence-electron chi connectivity index (χ4n) is 3.21. The van der Waals surface area contributed by atoms with Crippen molar-refractivity contribution in [1.29, 1.82) is 0 Å². The lowest BCUT2D eigenvalue weighted by Gasteiger charge is -2.36. The van der Waals surface area contributed by atoms with E-state index in [0.29, 0.717) is 13.0 Å². The third kappa shape index (κ3) is 3.38. The van der Waals surface area contributed by atoms with Crippen LogP contribution in [0, 0.1) is 0 Å². The van der Waals surface area contributed by atoms with E-state index in [9.17, 15) is 4.79 Å². The van der Waals surface area contributed by atoms with E-state index in [1.54, 1.807) is 27.7 Å². The van der Waals surface area contributed by atoms with Crippen LogP contribution in [0.2, 0.25) is 0 Å². The van der Waals surface area contributed by atoms with Gasteiger partial charge in [0, 0.05) is 13.2 Å². The highest BCUT2D eigenvalue weighted by Crippen LogP contribution is 2.44. The van der Waals surface area contributed by atoms with Crippen LogP contribution in [0.3, 0.4) is 0 Å². The highest BCUT2D eigenvalue weighted by Gasteiger charge is 2.62. The van der Waals surface area contributed by atoms with Gasteiger partial charge in [-0.2, -0.15) is 0 Å². The molecule has 3 heterocycles. The lowest BCUT2D eigenvalue weighted by Crippen LogP contribution is -2.59. The molecule has 0 aromatic carbocycles. The summed E-state index contributed by atoms with van der Waals surface area (Å²) in [6, 6.07) is 0. The molecule has 5 atom stereocenters. The lowest BCUT2D eigenvalue weighted by molar-refractivity contribution is -0.231. The highest BCUT2D eigenvalue weighted by molar-refractivity contribution is 5.81. The molecule has 3 aliphatic heterocycles. The fourth-order valence-corrected chi connectivity index (χ4v) is 3.21. The number of carbonyl (C=O) groups excluding carboxylic acids is 1. The summed E-state index contributed by atoms with van der Waals surface area (Å²) in [6.07, 6.45) is -2.51. The Balaban J connectivity index is 1.77. The van der Waals surface area contributed by atoms with Crippen molar-refractivity contribution in [3.05, 3.63) is 0 Å². The summed E-state index contributed by atoms with van der Waals surface area (Å²) < 4.78 is 29.2. The molecule has 0 bridgehead atoms. The average molecular weight is 331 g/mol. The summed E-state index contributed by atoms with van der Waals surface area (Å²) in [5.74, 6) is -1.94. The van der Waals surface area contributed by atoms with Gasteiger partial charge in [0.15, 0.2) is 24.0 Å². The van der Waals surface area contributed by atoms with Gasteiger partial charge in [-0.1, -0.05) is 0 Å². The van der Waals surface area contributed by atoms with E-state index in [1.807, 2.05) is 0 Å². The van der Waals surface area contributed by atoms with E-state index in [2.05, 4.69) is 5.32 Å². The monoisotopic (exact) mass is 331 g/mol. The number of carbonyl (C=O) groups is 1. The SMILES string of the molecule is CC1(C)O[C@@H]2[C@@H](O1)[C@H](C(=O)NCCCO)O[C@H]1OC(C)(C)O[C@@H]12. The van der Waals surface area contributed by atoms with Gasteiger partial charge in [0.25, 0.3) is 5.91 Å². The second-order valence-electron chi connectivity index (χ2n) is 6.96. The number of ether oxygens (including phenoxy) is 5. The van der Waals surface area contributed by atoms with Crippen molar-refractivity contribution in [2.24, 2.45) is 0 Å². The molecule has 2 N–H and O–H groups in total. The average Bonchev–Trinajstić information content (AvgIpc) is 2.92. The number of nitrogens with one attached hydrogen (secondary N) is 1. The fraction of sp³-hybridized carbons (Fsp3) is 0.933. The first-order valence-electron chi connectivity index (χ1n) is 7.98. The van der Waals surface area contributed by atoms with Gasteiger partial charge in [-0.3, -0.25) is 4.79 Å². The maximum Gasteiger partial charge on any atom is 0.252 e. The smallest absolute Gasteiger partial charge is 0.252 e. The van der Waals surface area contributed by atoms with Gasteiger partial charge in [0.2, 0.25) is 0 Å². The quantitative estimate of drug-likeness (QED) is 0.694. The van der Waals surface area contributed by atoms with Crippen molar-refractivity contribution in [1.82, 2.24) is 5.32 Å². The molecule has 0 saturated carbocycles. The molecule has 132 valence electrons. The largest absolute Gasteiger partial charge is 0.396 e. The molecule has 3 rings (SSSR count). The van der Waals surface area contributed by atoms with Crippen molar-refractivity contribution < 1.29 is 33.6 Å². The zero-order valence-electron chi connectivity index (χ0n) is 13.9. The summed E-state index contributed by atoms with van der Waals surface area (Å²) in [4.78, 5) is 12.4. The second-order valence-corrected chi connectivity index (χ2v) is 6.96. The normalized spacial score (nSPS) is 40.5. The van der Waals surface area contributed by atoms with E-state index in [4.69, 9.17) is 28.8 Å². The van der Waals surface area contributed by atoms with Crippen LogP contribution in [0.1, 0.15) is 34.1 Å². The zero-order chi connectivity index (χ0) is 16.8. The summed E-state index contributed by atoms with van der Waals surface area (Å²) in [5, 5.41) is 11.6. The third-order valence-electron chi connectivity index (χ3n) is 4.05. The van der Waals surface area contributed by atoms with Crippen LogP contribution in [0.25, 0.3) is 0 Å². The molecule has 0 radical (unpaired) electrons. The Kier molecular flexibility index (Phi) is 4.41. The number of amides is 1. The van der Waals surface area contributed by atoms with Crippen LogP contribution >= 0.6 is 0 Å². The van der Waals surface area contributed by atoms with Crippen molar-refractivity contribution in [2.45, 2.75) is 76.4 Å². The predicted molar refractivity (Wildman–Crippen MR) is 77.2 cm³/mol. The van der Waals surface area contributed by atoms with E-state index in [0.717, 1.165) is 0 Å². The maximum atomic E-state index is 12.4. The Labute approximate surface area is 135 Å². The summed E-state index contributed by atoms with van der Waals surface area (Å²) >= 11 is 0. The Hall–Kier alpha value is -0.770. The Morgan fingerprint density at radius 1 is 1.00 bits per heavy atom. The van der Waals surface area contributed by atoms with Crippen LogP contribution in [0.4, 0.5) is 0 Å². The number of hydrogen-bond donors (Lipinski definition) is 2. The van der Waals surface area contributed by atoms with E-state index in [1.165, 1.54) is 0 Å². The summed E-state index contributed by atoms with van der Waals surface area (Å²) in [7, 11) is 0. The first-order valence-corrected chi connectivity index (χ1v) is 7.98. The second kappa shape index (κ2) is 5.94. The molecule has 0 aliphatic carbocycles. The van der Waals surface area contributed by atoms with Gasteiger partial charge in [-0.15, -0.1) is 0 Å². The topological polar surface area (TPSA) is 95.5 Å². The molecule has 1 amide bonds. The van der Waals surface area contributed by atoms with Gasteiger partial charge >= 0.3 is 0 Å². The van der Waals surface area contributed by atoms with Crippen LogP contribution in [0.5, 0.6) is 0 Å². The van der Waals surface area contributed by atoms with Crippen LogP contribution in [-0.2, 0) is 28.5 Å². The molecule has 0 unspecified atom stereocenters. The Morgan fingerprint density at radius 2 is 1.61 bits per heavy atom. The van der Waals surface area contributed by atoms with Crippen molar-refractivity contribution in [3.63, 3.8) is 0 Å². The lowest BCUT2D eigenvalue weighted by atomic mass is 9.98. The zero-order valence-corrected chi connectivity index (χ0v) is 13.9. The molecule has 8 heteroatoms. The third-order valence-corrected chi connectivity index (χ3v) is 4.05. The minimum atomic E-state index is -0.848. The highest BCUT2D eigenvalue weighted by atomic mass is 16.9. The number of aliphatic hydroxyl groups is 1. The van der Waals surface area contributed by atoms with Gasteiger partial charge in [0.05, 0.1) is 0 Å². The number of aliphatic hydroxyl groups excluding tert-OH is 1. The van der Waals surface area contributed by atoms with E-state index >= 15 is 0 Å². The van der Waals surface area contributed by atoms with Crippen molar-refractivity contribution >= 4 is 5.91 Å². The molecule has 3 aliphatic rings. The van der Waals surface area contributed by atoms with Gasteiger partial charge in [0.1, 0.15) is 18.3 Å². The molecule has 0 aromatic rings. The Bertz CT molecular complexity index is 467. The first kappa shape index (κ1) is 17.1. The number of hydrogen-bond acceptors (Lipinski definition) is 7. The number of fused-ring (bicyclic) bond motifs is 3. The molecule has 0 aromatic heterocycles. The van der Waals surface area contributed by atoms with Gasteiger partial charge in [-0.25, -0.2) is 0 Å². The molecule has 23 heavy (non-hydrogen) atoms.